The van der Waals surface area contributed by atoms with Crippen LogP contribution in [0.1, 0.15) is 21.6 Å². The van der Waals surface area contributed by atoms with Crippen molar-refractivity contribution in [3.05, 3.63) is 53.2 Å². The Bertz CT molecular complexity index is 607. The third-order valence-corrected chi connectivity index (χ3v) is 3.40. The number of anilines is 2. The summed E-state index contributed by atoms with van der Waals surface area (Å²) in [5, 5.41) is 0. The van der Waals surface area contributed by atoms with E-state index < -0.39 is 0 Å². The summed E-state index contributed by atoms with van der Waals surface area (Å²) >= 11 is 0. The van der Waals surface area contributed by atoms with Gasteiger partial charge in [-0.2, -0.15) is 0 Å². The Balaban J connectivity index is 2.02. The first-order valence-electron chi connectivity index (χ1n) is 6.08. The van der Waals surface area contributed by atoms with Crippen molar-refractivity contribution in [3.8, 4) is 0 Å². The molecule has 0 bridgehead atoms. The highest BCUT2D eigenvalue weighted by Crippen LogP contribution is 2.33. The normalized spacial score (nSPS) is 13.5. The molecule has 2 heterocycles. The number of para-hydroxylation sites is 1. The minimum absolute atomic E-state index is 0.659. The zero-order valence-electron chi connectivity index (χ0n) is 10.3. The Morgan fingerprint density at radius 2 is 2.06 bits per heavy atom. The van der Waals surface area contributed by atoms with Gasteiger partial charge in [0, 0.05) is 17.8 Å². The second-order valence-corrected chi connectivity index (χ2v) is 4.49. The number of carbonyl (C=O) groups is 1. The molecule has 0 atom stereocenters. The third-order valence-electron chi connectivity index (χ3n) is 3.40. The molecular weight excluding hydrogens is 224 g/mol. The van der Waals surface area contributed by atoms with Crippen LogP contribution in [0.2, 0.25) is 0 Å². The van der Waals surface area contributed by atoms with Crippen molar-refractivity contribution in [1.82, 2.24) is 4.98 Å². The predicted octanol–water partition coefficient (Wildman–Crippen LogP) is 2.90. The lowest BCUT2D eigenvalue weighted by molar-refractivity contribution is 0.112. The summed E-state index contributed by atoms with van der Waals surface area (Å²) in [6.07, 6.45) is 1.90. The van der Waals surface area contributed by atoms with Crippen molar-refractivity contribution in [2.45, 2.75) is 13.3 Å². The Hall–Kier alpha value is -2.16. The number of benzene rings is 1. The summed E-state index contributed by atoms with van der Waals surface area (Å²) in [4.78, 5) is 17.5. The summed E-state index contributed by atoms with van der Waals surface area (Å²) in [6.45, 7) is 2.82. The van der Waals surface area contributed by atoms with Crippen LogP contribution in [0.4, 0.5) is 11.5 Å². The van der Waals surface area contributed by atoms with Crippen LogP contribution in [-0.4, -0.2) is 17.8 Å². The van der Waals surface area contributed by atoms with Crippen molar-refractivity contribution in [3.63, 3.8) is 0 Å². The van der Waals surface area contributed by atoms with Gasteiger partial charge in [-0.15, -0.1) is 0 Å². The quantitative estimate of drug-likeness (QED) is 0.754. The average molecular weight is 238 g/mol. The highest BCUT2D eigenvalue weighted by Gasteiger charge is 2.20. The molecule has 1 aliphatic heterocycles. The van der Waals surface area contributed by atoms with Gasteiger partial charge in [0.2, 0.25) is 0 Å². The van der Waals surface area contributed by atoms with E-state index in [4.69, 9.17) is 0 Å². The molecule has 0 spiro atoms. The molecule has 90 valence electrons. The van der Waals surface area contributed by atoms with Crippen molar-refractivity contribution in [2.24, 2.45) is 0 Å². The van der Waals surface area contributed by atoms with Gasteiger partial charge in [-0.1, -0.05) is 18.2 Å². The summed E-state index contributed by atoms with van der Waals surface area (Å²) < 4.78 is 0. The molecule has 18 heavy (non-hydrogen) atoms. The first-order chi connectivity index (χ1) is 8.79. The fourth-order valence-corrected chi connectivity index (χ4v) is 2.41. The molecule has 0 saturated carbocycles. The molecule has 0 amide bonds. The second-order valence-electron chi connectivity index (χ2n) is 4.49. The summed E-state index contributed by atoms with van der Waals surface area (Å²) in [5.41, 5.74) is 4.03. The van der Waals surface area contributed by atoms with Gasteiger partial charge in [-0.3, -0.25) is 4.79 Å². The number of hydrogen-bond donors (Lipinski definition) is 0. The monoisotopic (exact) mass is 238 g/mol. The van der Waals surface area contributed by atoms with Gasteiger partial charge in [0.05, 0.1) is 5.69 Å². The molecule has 1 aromatic carbocycles. The van der Waals surface area contributed by atoms with Gasteiger partial charge in [0.25, 0.3) is 0 Å². The van der Waals surface area contributed by atoms with E-state index in [1.54, 1.807) is 0 Å². The minimum Gasteiger partial charge on any atom is -0.326 e. The van der Waals surface area contributed by atoms with Gasteiger partial charge in [0.15, 0.2) is 6.29 Å². The molecule has 1 aromatic heterocycles. The van der Waals surface area contributed by atoms with Crippen LogP contribution >= 0.6 is 0 Å². The first-order valence-corrected chi connectivity index (χ1v) is 6.08. The molecule has 3 nitrogen and oxygen atoms in total. The topological polar surface area (TPSA) is 33.2 Å². The van der Waals surface area contributed by atoms with E-state index in [1.165, 1.54) is 11.3 Å². The number of aldehydes is 1. The fraction of sp³-hybridized carbons (Fsp3) is 0.200. The molecular formula is C15H14N2O. The molecule has 3 rings (SSSR count). The second kappa shape index (κ2) is 4.26. The van der Waals surface area contributed by atoms with Crippen molar-refractivity contribution in [2.75, 3.05) is 11.4 Å². The molecule has 1 aliphatic rings. The van der Waals surface area contributed by atoms with Crippen LogP contribution in [0, 0.1) is 6.92 Å². The molecule has 0 unspecified atom stereocenters. The minimum atomic E-state index is 0.659. The predicted molar refractivity (Wildman–Crippen MR) is 71.5 cm³/mol. The largest absolute Gasteiger partial charge is 0.326 e. The smallest absolute Gasteiger partial charge is 0.151 e. The Morgan fingerprint density at radius 3 is 2.83 bits per heavy atom. The SMILES string of the molecule is Cc1nc(N2CCc3ccccc32)ccc1C=O. The standard InChI is InChI=1S/C15H14N2O/c1-11-13(10-18)6-7-15(16-11)17-9-8-12-4-2-3-5-14(12)17/h2-7,10H,8-9H2,1H3. The van der Waals surface area contributed by atoms with Gasteiger partial charge in [-0.05, 0) is 37.1 Å². The van der Waals surface area contributed by atoms with Gasteiger partial charge in [0.1, 0.15) is 5.82 Å². The Labute approximate surface area is 106 Å². The first kappa shape index (κ1) is 11.0. The number of hydrogen-bond acceptors (Lipinski definition) is 3. The molecule has 3 heteroatoms. The van der Waals surface area contributed by atoms with Gasteiger partial charge in [-0.25, -0.2) is 4.98 Å². The lowest BCUT2D eigenvalue weighted by atomic mass is 10.2. The third kappa shape index (κ3) is 1.68. The van der Waals surface area contributed by atoms with Gasteiger partial charge < -0.3 is 4.90 Å². The number of aryl methyl sites for hydroxylation is 1. The lowest BCUT2D eigenvalue weighted by Crippen LogP contribution is -2.15. The number of pyridine rings is 1. The number of fused-ring (bicyclic) bond motifs is 1. The Morgan fingerprint density at radius 1 is 1.22 bits per heavy atom. The van der Waals surface area contributed by atoms with E-state index in [1.807, 2.05) is 25.1 Å². The molecule has 0 saturated heterocycles. The summed E-state index contributed by atoms with van der Waals surface area (Å²) in [6, 6.07) is 12.1. The van der Waals surface area contributed by atoms with Crippen molar-refractivity contribution >= 4 is 17.8 Å². The van der Waals surface area contributed by atoms with E-state index in [0.29, 0.717) is 5.56 Å². The Kier molecular flexibility index (Phi) is 2.59. The van der Waals surface area contributed by atoms with E-state index in [2.05, 4.69) is 28.1 Å². The molecule has 0 radical (unpaired) electrons. The lowest BCUT2D eigenvalue weighted by Gasteiger charge is -2.19. The molecule has 2 aromatic rings. The number of nitrogens with zero attached hydrogens (tertiary/aromatic N) is 2. The van der Waals surface area contributed by atoms with Crippen LogP contribution in [0.5, 0.6) is 0 Å². The van der Waals surface area contributed by atoms with E-state index in [0.717, 1.165) is 30.8 Å². The maximum absolute atomic E-state index is 10.8. The number of rotatable bonds is 2. The maximum atomic E-state index is 10.8. The van der Waals surface area contributed by atoms with Crippen molar-refractivity contribution in [1.29, 1.82) is 0 Å². The van der Waals surface area contributed by atoms with Crippen molar-refractivity contribution < 1.29 is 4.79 Å². The highest BCUT2D eigenvalue weighted by atomic mass is 16.1. The molecule has 0 N–H and O–H groups in total. The fourth-order valence-electron chi connectivity index (χ4n) is 2.41. The van der Waals surface area contributed by atoms with Crippen LogP contribution in [0.3, 0.4) is 0 Å². The van der Waals surface area contributed by atoms with Crippen LogP contribution in [0.15, 0.2) is 36.4 Å². The van der Waals surface area contributed by atoms with Crippen LogP contribution in [-0.2, 0) is 6.42 Å². The number of carbonyl (C=O) groups excluding carboxylic acids is 1. The summed E-state index contributed by atoms with van der Waals surface area (Å²) in [5.74, 6) is 0.919. The molecule has 0 aliphatic carbocycles. The summed E-state index contributed by atoms with van der Waals surface area (Å²) in [7, 11) is 0. The number of aromatic nitrogens is 1. The highest BCUT2D eigenvalue weighted by molar-refractivity contribution is 5.77. The van der Waals surface area contributed by atoms with E-state index >= 15 is 0 Å². The molecule has 0 fully saturated rings. The maximum Gasteiger partial charge on any atom is 0.151 e. The van der Waals surface area contributed by atoms with Crippen LogP contribution < -0.4 is 4.90 Å². The average Bonchev–Trinajstić information content (AvgIpc) is 2.82. The zero-order chi connectivity index (χ0) is 12.5. The van der Waals surface area contributed by atoms with E-state index in [9.17, 15) is 4.79 Å². The zero-order valence-corrected chi connectivity index (χ0v) is 10.3. The van der Waals surface area contributed by atoms with Crippen LogP contribution in [0.25, 0.3) is 0 Å². The van der Waals surface area contributed by atoms with E-state index in [-0.39, 0.29) is 0 Å². The van der Waals surface area contributed by atoms with Gasteiger partial charge >= 0.3 is 0 Å².